The number of aryl methyl sites for hydroxylation is 1. The fourth-order valence-corrected chi connectivity index (χ4v) is 1.95. The molecule has 2 heterocycles. The van der Waals surface area contributed by atoms with E-state index in [1.54, 1.807) is 4.68 Å². The Morgan fingerprint density at radius 2 is 2.50 bits per heavy atom. The largest absolute Gasteiger partial charge is 0.477 e. The van der Waals surface area contributed by atoms with Gasteiger partial charge in [-0.05, 0) is 22.9 Å². The van der Waals surface area contributed by atoms with Crippen molar-refractivity contribution in [1.29, 1.82) is 0 Å². The fourth-order valence-electron chi connectivity index (χ4n) is 1.42. The molecule has 1 N–H and O–H groups in total. The number of ether oxygens (including phenoxy) is 1. The van der Waals surface area contributed by atoms with Crippen LogP contribution in [0, 0.1) is 0 Å². The zero-order valence-electron chi connectivity index (χ0n) is 7.53. The third kappa shape index (κ3) is 1.39. The van der Waals surface area contributed by atoms with Crippen LogP contribution in [0.15, 0.2) is 4.60 Å². The molecule has 0 aliphatic carbocycles. The van der Waals surface area contributed by atoms with E-state index in [1.807, 2.05) is 6.92 Å². The van der Waals surface area contributed by atoms with Crippen molar-refractivity contribution in [3.8, 4) is 5.88 Å². The first-order valence-corrected chi connectivity index (χ1v) is 5.05. The number of halogens is 1. The molecule has 5 nitrogen and oxygen atoms in total. The molecule has 2 rings (SSSR count). The van der Waals surface area contributed by atoms with Gasteiger partial charge in [-0.1, -0.05) is 0 Å². The molecule has 1 aliphatic rings. The van der Waals surface area contributed by atoms with Crippen LogP contribution in [-0.4, -0.2) is 27.0 Å². The highest BCUT2D eigenvalue weighted by atomic mass is 79.9. The van der Waals surface area contributed by atoms with E-state index in [-0.39, 0.29) is 11.7 Å². The highest BCUT2D eigenvalue weighted by molar-refractivity contribution is 9.10. The van der Waals surface area contributed by atoms with Gasteiger partial charge in [-0.3, -0.25) is 0 Å². The number of hydrogen-bond acceptors (Lipinski definition) is 3. The Labute approximate surface area is 88.8 Å². The molecule has 0 radical (unpaired) electrons. The fraction of sp³-hybridized carbons (Fsp3) is 0.500. The minimum atomic E-state index is -1.02. The molecule has 1 aromatic heterocycles. The molecule has 0 unspecified atom stereocenters. The van der Waals surface area contributed by atoms with Crippen LogP contribution >= 0.6 is 15.9 Å². The third-order valence-corrected chi connectivity index (χ3v) is 2.69. The Morgan fingerprint density at radius 3 is 3.14 bits per heavy atom. The second-order valence-electron chi connectivity index (χ2n) is 3.22. The summed E-state index contributed by atoms with van der Waals surface area (Å²) >= 11 is 3.11. The Balaban J connectivity index is 2.50. The van der Waals surface area contributed by atoms with Crippen LogP contribution < -0.4 is 4.74 Å². The number of carboxylic acids is 1. The summed E-state index contributed by atoms with van der Waals surface area (Å²) in [5, 5.41) is 13.0. The van der Waals surface area contributed by atoms with Gasteiger partial charge in [0.2, 0.25) is 5.88 Å². The molecular formula is C8H9BrN2O3. The third-order valence-electron chi connectivity index (χ3n) is 2.14. The van der Waals surface area contributed by atoms with E-state index in [4.69, 9.17) is 9.84 Å². The van der Waals surface area contributed by atoms with Crippen LogP contribution in [0.4, 0.5) is 0 Å². The Bertz CT molecular complexity index is 388. The number of nitrogens with zero attached hydrogens (tertiary/aromatic N) is 2. The number of carboxylic acid groups (broad SMARTS) is 1. The number of aromatic nitrogens is 2. The van der Waals surface area contributed by atoms with Crippen molar-refractivity contribution in [3.05, 3.63) is 10.2 Å². The van der Waals surface area contributed by atoms with Gasteiger partial charge in [0.1, 0.15) is 4.60 Å². The van der Waals surface area contributed by atoms with Crippen molar-refractivity contribution >= 4 is 21.9 Å². The first-order valence-electron chi connectivity index (χ1n) is 4.26. The maximum atomic E-state index is 10.9. The van der Waals surface area contributed by atoms with Gasteiger partial charge in [0.05, 0.1) is 6.10 Å². The van der Waals surface area contributed by atoms with Crippen molar-refractivity contribution in [2.24, 2.45) is 0 Å². The van der Waals surface area contributed by atoms with Crippen molar-refractivity contribution in [1.82, 2.24) is 9.78 Å². The van der Waals surface area contributed by atoms with Crippen LogP contribution in [0.5, 0.6) is 5.88 Å². The SMILES string of the molecule is C[C@H]1CCn2nc(Br)c(C(=O)O)c2O1. The highest BCUT2D eigenvalue weighted by Gasteiger charge is 2.27. The van der Waals surface area contributed by atoms with Gasteiger partial charge in [0, 0.05) is 13.0 Å². The molecule has 0 saturated heterocycles. The van der Waals surface area contributed by atoms with E-state index in [2.05, 4.69) is 21.0 Å². The van der Waals surface area contributed by atoms with E-state index in [1.165, 1.54) is 0 Å². The topological polar surface area (TPSA) is 64.4 Å². The minimum Gasteiger partial charge on any atom is -0.477 e. The van der Waals surface area contributed by atoms with Gasteiger partial charge in [-0.15, -0.1) is 0 Å². The molecule has 76 valence electrons. The highest BCUT2D eigenvalue weighted by Crippen LogP contribution is 2.30. The first kappa shape index (κ1) is 9.51. The number of carbonyl (C=O) groups is 1. The van der Waals surface area contributed by atoms with Crippen molar-refractivity contribution in [2.45, 2.75) is 26.0 Å². The van der Waals surface area contributed by atoms with Crippen molar-refractivity contribution < 1.29 is 14.6 Å². The van der Waals surface area contributed by atoms with Crippen LogP contribution in [0.3, 0.4) is 0 Å². The van der Waals surface area contributed by atoms with Crippen LogP contribution in [0.2, 0.25) is 0 Å². The summed E-state index contributed by atoms with van der Waals surface area (Å²) < 4.78 is 7.34. The van der Waals surface area contributed by atoms with Crippen molar-refractivity contribution in [2.75, 3.05) is 0 Å². The maximum absolute atomic E-state index is 10.9. The van der Waals surface area contributed by atoms with Gasteiger partial charge < -0.3 is 9.84 Å². The zero-order valence-corrected chi connectivity index (χ0v) is 9.11. The summed E-state index contributed by atoms with van der Waals surface area (Å²) in [7, 11) is 0. The molecular weight excluding hydrogens is 252 g/mol. The lowest BCUT2D eigenvalue weighted by Gasteiger charge is -2.21. The summed E-state index contributed by atoms with van der Waals surface area (Å²) in [4.78, 5) is 10.9. The second kappa shape index (κ2) is 3.27. The summed E-state index contributed by atoms with van der Waals surface area (Å²) in [6, 6.07) is 0. The van der Waals surface area contributed by atoms with Crippen LogP contribution in [-0.2, 0) is 6.54 Å². The quantitative estimate of drug-likeness (QED) is 0.832. The number of aromatic carboxylic acids is 1. The van der Waals surface area contributed by atoms with Crippen molar-refractivity contribution in [3.63, 3.8) is 0 Å². The predicted octanol–water partition coefficient (Wildman–Crippen LogP) is 1.51. The van der Waals surface area contributed by atoms with E-state index in [9.17, 15) is 4.79 Å². The van der Waals surface area contributed by atoms with E-state index in [0.717, 1.165) is 6.42 Å². The molecule has 0 amide bonds. The van der Waals surface area contributed by atoms with E-state index >= 15 is 0 Å². The lowest BCUT2D eigenvalue weighted by molar-refractivity contribution is 0.0682. The molecule has 0 bridgehead atoms. The maximum Gasteiger partial charge on any atom is 0.344 e. The Morgan fingerprint density at radius 1 is 1.79 bits per heavy atom. The summed E-state index contributed by atoms with van der Waals surface area (Å²) in [6.45, 7) is 2.61. The molecule has 1 aliphatic heterocycles. The van der Waals surface area contributed by atoms with E-state index < -0.39 is 5.97 Å². The second-order valence-corrected chi connectivity index (χ2v) is 3.97. The Kier molecular flexibility index (Phi) is 2.22. The Hall–Kier alpha value is -1.04. The van der Waals surface area contributed by atoms with Gasteiger partial charge in [-0.25, -0.2) is 9.48 Å². The molecule has 0 spiro atoms. The smallest absolute Gasteiger partial charge is 0.344 e. The number of fused-ring (bicyclic) bond motifs is 1. The lowest BCUT2D eigenvalue weighted by atomic mass is 10.2. The monoisotopic (exact) mass is 260 g/mol. The first-order chi connectivity index (χ1) is 6.59. The van der Waals surface area contributed by atoms with Gasteiger partial charge >= 0.3 is 5.97 Å². The average Bonchev–Trinajstić information content (AvgIpc) is 2.40. The molecule has 6 heteroatoms. The molecule has 1 aromatic rings. The van der Waals surface area contributed by atoms with Gasteiger partial charge in [-0.2, -0.15) is 5.10 Å². The molecule has 0 saturated carbocycles. The summed E-state index contributed by atoms with van der Waals surface area (Å²) in [5.41, 5.74) is 0.108. The number of hydrogen-bond donors (Lipinski definition) is 1. The van der Waals surface area contributed by atoms with Gasteiger partial charge in [0.15, 0.2) is 5.56 Å². The number of rotatable bonds is 1. The normalized spacial score (nSPS) is 20.0. The summed E-state index contributed by atoms with van der Waals surface area (Å²) in [6.07, 6.45) is 0.893. The lowest BCUT2D eigenvalue weighted by Crippen LogP contribution is -2.24. The van der Waals surface area contributed by atoms with Crippen LogP contribution in [0.25, 0.3) is 0 Å². The molecule has 0 aromatic carbocycles. The molecule has 0 fully saturated rings. The zero-order chi connectivity index (χ0) is 10.3. The van der Waals surface area contributed by atoms with Gasteiger partial charge in [0.25, 0.3) is 0 Å². The average molecular weight is 261 g/mol. The molecule has 14 heavy (non-hydrogen) atoms. The summed E-state index contributed by atoms with van der Waals surface area (Å²) in [5.74, 6) is -0.671. The predicted molar refractivity (Wildman–Crippen MR) is 51.6 cm³/mol. The van der Waals surface area contributed by atoms with E-state index in [0.29, 0.717) is 17.0 Å². The van der Waals surface area contributed by atoms with Crippen LogP contribution in [0.1, 0.15) is 23.7 Å². The molecule has 1 atom stereocenters. The minimum absolute atomic E-state index is 0.0456. The standard InChI is InChI=1S/C8H9BrN2O3/c1-4-2-3-11-7(14-4)5(8(12)13)6(9)10-11/h4H,2-3H2,1H3,(H,12,13)/t4-/m0/s1.